The highest BCUT2D eigenvalue weighted by Gasteiger charge is 2.11. The van der Waals surface area contributed by atoms with E-state index in [1.807, 2.05) is 4.68 Å². The molecule has 2 heterocycles. The number of rotatable bonds is 9. The van der Waals surface area contributed by atoms with Gasteiger partial charge in [0.15, 0.2) is 0 Å². The summed E-state index contributed by atoms with van der Waals surface area (Å²) in [6, 6.07) is 0. The summed E-state index contributed by atoms with van der Waals surface area (Å²) >= 11 is 1.77. The van der Waals surface area contributed by atoms with Gasteiger partial charge >= 0.3 is 0 Å². The molecule has 0 atom stereocenters. The average Bonchev–Trinajstić information content (AvgIpc) is 2.92. The molecule has 20 heavy (non-hydrogen) atoms. The Balaban J connectivity index is 1.65. The van der Waals surface area contributed by atoms with Crippen LogP contribution in [-0.4, -0.2) is 63.6 Å². The Morgan fingerprint density at radius 1 is 1.15 bits per heavy atom. The Labute approximate surface area is 125 Å². The minimum Gasteiger partial charge on any atom is -0.315 e. The van der Waals surface area contributed by atoms with Crippen LogP contribution in [0.25, 0.3) is 0 Å². The van der Waals surface area contributed by atoms with E-state index in [1.54, 1.807) is 11.8 Å². The molecule has 0 saturated carbocycles. The Morgan fingerprint density at radius 2 is 2.00 bits per heavy atom. The molecule has 6 nitrogen and oxygen atoms in total. The predicted octanol–water partition coefficient (Wildman–Crippen LogP) is 1.25. The van der Waals surface area contributed by atoms with Gasteiger partial charge in [0, 0.05) is 18.8 Å². The van der Waals surface area contributed by atoms with Gasteiger partial charge in [0.2, 0.25) is 5.16 Å². The summed E-state index contributed by atoms with van der Waals surface area (Å²) in [5.41, 5.74) is 0. The van der Waals surface area contributed by atoms with Crippen LogP contribution in [0, 0.1) is 0 Å². The minimum absolute atomic E-state index is 0.846. The standard InChI is InChI=1S/C13H26N6S/c1-2-6-14-7-10-19-13(15-16-17-19)20-12-11-18-8-4-3-5-9-18/h14H,2-12H2,1H3. The van der Waals surface area contributed by atoms with Crippen LogP contribution in [0.5, 0.6) is 0 Å². The molecule has 0 aromatic carbocycles. The van der Waals surface area contributed by atoms with Crippen LogP contribution in [0.2, 0.25) is 0 Å². The highest BCUT2D eigenvalue weighted by atomic mass is 32.2. The van der Waals surface area contributed by atoms with Gasteiger partial charge in [-0.1, -0.05) is 25.1 Å². The van der Waals surface area contributed by atoms with Gasteiger partial charge in [0.25, 0.3) is 0 Å². The minimum atomic E-state index is 0.846. The molecule has 2 rings (SSSR count). The Kier molecular flexibility index (Phi) is 7.32. The summed E-state index contributed by atoms with van der Waals surface area (Å²) in [5, 5.41) is 16.3. The monoisotopic (exact) mass is 298 g/mol. The van der Waals surface area contributed by atoms with Crippen LogP contribution in [0.4, 0.5) is 0 Å². The molecule has 7 heteroatoms. The van der Waals surface area contributed by atoms with Gasteiger partial charge in [-0.05, 0) is 49.3 Å². The van der Waals surface area contributed by atoms with Crippen LogP contribution < -0.4 is 5.32 Å². The SMILES string of the molecule is CCCNCCn1nnnc1SCCN1CCCCC1. The molecule has 1 aromatic heterocycles. The van der Waals surface area contributed by atoms with E-state index >= 15 is 0 Å². The maximum atomic E-state index is 4.12. The zero-order valence-electron chi connectivity index (χ0n) is 12.4. The second kappa shape index (κ2) is 9.31. The summed E-state index contributed by atoms with van der Waals surface area (Å²) < 4.78 is 1.91. The second-order valence-corrected chi connectivity index (χ2v) is 6.25. The first kappa shape index (κ1) is 15.7. The summed E-state index contributed by atoms with van der Waals surface area (Å²) in [4.78, 5) is 2.55. The molecule has 1 saturated heterocycles. The molecule has 0 bridgehead atoms. The molecular formula is C13H26N6S. The quantitative estimate of drug-likeness (QED) is 0.547. The third kappa shape index (κ3) is 5.38. The van der Waals surface area contributed by atoms with E-state index in [9.17, 15) is 0 Å². The lowest BCUT2D eigenvalue weighted by Gasteiger charge is -2.25. The molecule has 0 spiro atoms. The van der Waals surface area contributed by atoms with Crippen molar-refractivity contribution in [3.05, 3.63) is 0 Å². The van der Waals surface area contributed by atoms with E-state index in [1.165, 1.54) is 32.4 Å². The number of piperidine rings is 1. The molecular weight excluding hydrogens is 272 g/mol. The van der Waals surface area contributed by atoms with Crippen molar-refractivity contribution in [2.45, 2.75) is 44.3 Å². The molecule has 1 N–H and O–H groups in total. The zero-order chi connectivity index (χ0) is 14.0. The lowest BCUT2D eigenvalue weighted by atomic mass is 10.1. The van der Waals surface area contributed by atoms with Gasteiger partial charge in [0.05, 0.1) is 6.54 Å². The van der Waals surface area contributed by atoms with Gasteiger partial charge < -0.3 is 10.2 Å². The molecule has 0 radical (unpaired) electrons. The summed E-state index contributed by atoms with van der Waals surface area (Å²) in [6.07, 6.45) is 5.26. The molecule has 0 unspecified atom stereocenters. The number of likely N-dealkylation sites (tertiary alicyclic amines) is 1. The topological polar surface area (TPSA) is 58.9 Å². The van der Waals surface area contributed by atoms with Crippen LogP contribution >= 0.6 is 11.8 Å². The van der Waals surface area contributed by atoms with E-state index in [4.69, 9.17) is 0 Å². The second-order valence-electron chi connectivity index (χ2n) is 5.19. The average molecular weight is 298 g/mol. The number of aromatic nitrogens is 4. The molecule has 1 aliphatic rings. The Hall–Kier alpha value is -0.660. The highest BCUT2D eigenvalue weighted by molar-refractivity contribution is 7.99. The smallest absolute Gasteiger partial charge is 0.209 e. The summed E-state index contributed by atoms with van der Waals surface area (Å²) in [7, 11) is 0. The first-order valence-electron chi connectivity index (χ1n) is 7.72. The van der Waals surface area contributed by atoms with E-state index in [2.05, 4.69) is 32.7 Å². The highest BCUT2D eigenvalue weighted by Crippen LogP contribution is 2.15. The van der Waals surface area contributed by atoms with Crippen molar-refractivity contribution in [3.8, 4) is 0 Å². The molecule has 0 aliphatic carbocycles. The molecule has 0 amide bonds. The van der Waals surface area contributed by atoms with Crippen LogP contribution in [0.3, 0.4) is 0 Å². The van der Waals surface area contributed by atoms with Gasteiger partial charge in [-0.15, -0.1) is 5.10 Å². The van der Waals surface area contributed by atoms with E-state index in [0.29, 0.717) is 0 Å². The first-order chi connectivity index (χ1) is 9.90. The van der Waals surface area contributed by atoms with Crippen molar-refractivity contribution in [2.24, 2.45) is 0 Å². The van der Waals surface area contributed by atoms with Gasteiger partial charge in [-0.2, -0.15) is 0 Å². The lowest BCUT2D eigenvalue weighted by Crippen LogP contribution is -2.31. The van der Waals surface area contributed by atoms with E-state index in [0.717, 1.165) is 43.5 Å². The van der Waals surface area contributed by atoms with Crippen LogP contribution in [0.15, 0.2) is 5.16 Å². The Bertz CT molecular complexity index is 363. The zero-order valence-corrected chi connectivity index (χ0v) is 13.2. The van der Waals surface area contributed by atoms with Crippen molar-refractivity contribution < 1.29 is 0 Å². The maximum absolute atomic E-state index is 4.12. The van der Waals surface area contributed by atoms with Crippen molar-refractivity contribution >= 4 is 11.8 Å². The fraction of sp³-hybridized carbons (Fsp3) is 0.923. The van der Waals surface area contributed by atoms with Crippen LogP contribution in [-0.2, 0) is 6.54 Å². The van der Waals surface area contributed by atoms with E-state index in [-0.39, 0.29) is 0 Å². The number of nitrogens with one attached hydrogen (secondary N) is 1. The number of thioether (sulfide) groups is 1. The van der Waals surface area contributed by atoms with Gasteiger partial charge in [0.1, 0.15) is 0 Å². The fourth-order valence-corrected chi connectivity index (χ4v) is 3.28. The predicted molar refractivity (Wildman–Crippen MR) is 82.0 cm³/mol. The fourth-order valence-electron chi connectivity index (χ4n) is 2.38. The first-order valence-corrected chi connectivity index (χ1v) is 8.70. The number of tetrazole rings is 1. The van der Waals surface area contributed by atoms with Gasteiger partial charge in [-0.3, -0.25) is 0 Å². The number of nitrogens with zero attached hydrogens (tertiary/aromatic N) is 5. The van der Waals surface area contributed by atoms with Crippen LogP contribution in [0.1, 0.15) is 32.6 Å². The number of hydrogen-bond donors (Lipinski definition) is 1. The normalized spacial score (nSPS) is 16.6. The molecule has 114 valence electrons. The van der Waals surface area contributed by atoms with Gasteiger partial charge in [-0.25, -0.2) is 4.68 Å². The molecule has 1 aliphatic heterocycles. The van der Waals surface area contributed by atoms with Crippen molar-refractivity contribution in [3.63, 3.8) is 0 Å². The Morgan fingerprint density at radius 3 is 2.80 bits per heavy atom. The lowest BCUT2D eigenvalue weighted by molar-refractivity contribution is 0.242. The number of hydrogen-bond acceptors (Lipinski definition) is 6. The van der Waals surface area contributed by atoms with Crippen molar-refractivity contribution in [1.82, 2.24) is 30.4 Å². The van der Waals surface area contributed by atoms with E-state index < -0.39 is 0 Å². The molecule has 1 aromatic rings. The summed E-state index contributed by atoms with van der Waals surface area (Å²) in [5.74, 6) is 1.07. The third-order valence-corrected chi connectivity index (χ3v) is 4.45. The maximum Gasteiger partial charge on any atom is 0.209 e. The molecule has 1 fully saturated rings. The summed E-state index contributed by atoms with van der Waals surface area (Å²) in [6.45, 7) is 8.66. The third-order valence-electron chi connectivity index (χ3n) is 3.51. The van der Waals surface area contributed by atoms with Crippen molar-refractivity contribution in [1.29, 1.82) is 0 Å². The van der Waals surface area contributed by atoms with Crippen molar-refractivity contribution in [2.75, 3.05) is 38.5 Å². The largest absolute Gasteiger partial charge is 0.315 e.